The molecule has 34 heavy (non-hydrogen) atoms. The SMILES string of the molecule is C=C(N)CCN1CCC(c2cc(C)c(Nc3ncc(Cl)c(N=C(N)/C=C(/C)N)n3)cc2C)CC1. The standard InChI is InChI=1S/C25H35ClN8/c1-15-12-22(31-25-30-14-21(26)24(33-25)32-23(29)13-18(4)28)16(2)11-20(15)19-6-9-34(10-7-19)8-5-17(3)27/h11-14,19H,3,5-10,27-28H2,1-2,4H3,(H3,29,30,31,32,33)/b18-13-. The smallest absolute Gasteiger partial charge is 0.229 e. The van der Waals surface area contributed by atoms with Crippen molar-refractivity contribution in [3.8, 4) is 0 Å². The highest BCUT2D eigenvalue weighted by Crippen LogP contribution is 2.34. The van der Waals surface area contributed by atoms with Crippen molar-refractivity contribution in [3.63, 3.8) is 0 Å². The van der Waals surface area contributed by atoms with E-state index in [1.54, 1.807) is 13.0 Å². The van der Waals surface area contributed by atoms with Crippen molar-refractivity contribution >= 4 is 34.9 Å². The van der Waals surface area contributed by atoms with Gasteiger partial charge >= 0.3 is 0 Å². The number of nitrogens with one attached hydrogen (secondary N) is 1. The van der Waals surface area contributed by atoms with Gasteiger partial charge in [-0.15, -0.1) is 0 Å². The maximum Gasteiger partial charge on any atom is 0.229 e. The number of aliphatic imine (C=N–C) groups is 1. The molecule has 1 fully saturated rings. The molecule has 0 spiro atoms. The molecule has 0 radical (unpaired) electrons. The van der Waals surface area contributed by atoms with Gasteiger partial charge in [-0.25, -0.2) is 9.98 Å². The van der Waals surface area contributed by atoms with Crippen molar-refractivity contribution in [2.24, 2.45) is 22.2 Å². The molecule has 2 heterocycles. The number of anilines is 2. The zero-order valence-corrected chi connectivity index (χ0v) is 21.0. The van der Waals surface area contributed by atoms with Gasteiger partial charge in [0.25, 0.3) is 0 Å². The van der Waals surface area contributed by atoms with Gasteiger partial charge in [-0.2, -0.15) is 4.98 Å². The molecular weight excluding hydrogens is 448 g/mol. The molecule has 0 saturated carbocycles. The highest BCUT2D eigenvalue weighted by Gasteiger charge is 2.22. The van der Waals surface area contributed by atoms with Crippen LogP contribution >= 0.6 is 11.6 Å². The van der Waals surface area contributed by atoms with Crippen LogP contribution < -0.4 is 22.5 Å². The summed E-state index contributed by atoms with van der Waals surface area (Å²) < 4.78 is 0. The fourth-order valence-corrected chi connectivity index (χ4v) is 4.32. The second kappa shape index (κ2) is 11.4. The number of benzene rings is 1. The van der Waals surface area contributed by atoms with E-state index in [2.05, 4.69) is 57.7 Å². The molecular formula is C25H35ClN8. The Morgan fingerprint density at radius 1 is 1.24 bits per heavy atom. The Kier molecular flexibility index (Phi) is 8.52. The van der Waals surface area contributed by atoms with Gasteiger partial charge < -0.3 is 27.4 Å². The zero-order valence-electron chi connectivity index (χ0n) is 20.2. The van der Waals surface area contributed by atoms with Crippen molar-refractivity contribution in [2.75, 3.05) is 25.0 Å². The molecule has 1 aliphatic rings. The molecule has 7 N–H and O–H groups in total. The summed E-state index contributed by atoms with van der Waals surface area (Å²) in [7, 11) is 0. The van der Waals surface area contributed by atoms with Gasteiger partial charge in [0.05, 0.1) is 6.20 Å². The minimum atomic E-state index is 0.224. The van der Waals surface area contributed by atoms with E-state index < -0.39 is 0 Å². The normalized spacial score (nSPS) is 16.0. The highest BCUT2D eigenvalue weighted by molar-refractivity contribution is 6.32. The molecule has 1 saturated heterocycles. The number of likely N-dealkylation sites (tertiary alicyclic amines) is 1. The van der Waals surface area contributed by atoms with E-state index in [4.69, 9.17) is 28.8 Å². The Labute approximate surface area is 207 Å². The molecule has 8 nitrogen and oxygen atoms in total. The van der Waals surface area contributed by atoms with Gasteiger partial charge in [0, 0.05) is 23.6 Å². The quantitative estimate of drug-likeness (QED) is 0.324. The number of rotatable bonds is 8. The average molecular weight is 483 g/mol. The van der Waals surface area contributed by atoms with Crippen LogP contribution in [0.1, 0.15) is 48.8 Å². The fourth-order valence-electron chi connectivity index (χ4n) is 4.19. The van der Waals surface area contributed by atoms with E-state index in [0.717, 1.165) is 55.8 Å². The number of piperidine rings is 1. The first-order valence-electron chi connectivity index (χ1n) is 11.5. The van der Waals surface area contributed by atoms with Gasteiger partial charge in [-0.05, 0) is 87.9 Å². The van der Waals surface area contributed by atoms with Crippen molar-refractivity contribution in [3.05, 3.63) is 64.1 Å². The highest BCUT2D eigenvalue weighted by atomic mass is 35.5. The van der Waals surface area contributed by atoms with Crippen molar-refractivity contribution in [1.29, 1.82) is 0 Å². The maximum absolute atomic E-state index is 6.21. The van der Waals surface area contributed by atoms with E-state index >= 15 is 0 Å². The number of amidine groups is 1. The largest absolute Gasteiger partial charge is 0.402 e. The van der Waals surface area contributed by atoms with Crippen LogP contribution in [0.15, 0.2) is 47.4 Å². The van der Waals surface area contributed by atoms with Crippen LogP contribution in [0.3, 0.4) is 0 Å². The van der Waals surface area contributed by atoms with Crippen molar-refractivity contribution < 1.29 is 0 Å². The van der Waals surface area contributed by atoms with E-state index in [9.17, 15) is 0 Å². The minimum absolute atomic E-state index is 0.224. The zero-order chi connectivity index (χ0) is 24.8. The predicted molar refractivity (Wildman–Crippen MR) is 142 cm³/mol. The van der Waals surface area contributed by atoms with Gasteiger partial charge in [-0.3, -0.25) is 0 Å². The summed E-state index contributed by atoms with van der Waals surface area (Å²) in [6.07, 6.45) is 6.20. The van der Waals surface area contributed by atoms with Gasteiger partial charge in [0.1, 0.15) is 10.9 Å². The van der Waals surface area contributed by atoms with Gasteiger partial charge in [0.15, 0.2) is 5.82 Å². The summed E-state index contributed by atoms with van der Waals surface area (Å²) in [6, 6.07) is 4.44. The molecule has 0 atom stereocenters. The molecule has 3 rings (SSSR count). The second-order valence-electron chi connectivity index (χ2n) is 8.96. The van der Waals surface area contributed by atoms with Crippen LogP contribution in [0.25, 0.3) is 0 Å². The lowest BCUT2D eigenvalue weighted by Gasteiger charge is -2.33. The Balaban J connectivity index is 1.73. The number of nitrogens with two attached hydrogens (primary N) is 3. The Morgan fingerprint density at radius 2 is 1.94 bits per heavy atom. The average Bonchev–Trinajstić information content (AvgIpc) is 2.76. The molecule has 9 heteroatoms. The lowest BCUT2D eigenvalue weighted by molar-refractivity contribution is 0.214. The summed E-state index contributed by atoms with van der Waals surface area (Å²) >= 11 is 6.21. The summed E-state index contributed by atoms with van der Waals surface area (Å²) in [5.74, 6) is 1.46. The first-order valence-corrected chi connectivity index (χ1v) is 11.8. The van der Waals surface area contributed by atoms with E-state index in [1.165, 1.54) is 17.3 Å². The van der Waals surface area contributed by atoms with E-state index in [-0.39, 0.29) is 11.7 Å². The number of halogens is 1. The van der Waals surface area contributed by atoms with Gasteiger partial charge in [0.2, 0.25) is 5.95 Å². The predicted octanol–water partition coefficient (Wildman–Crippen LogP) is 4.38. The summed E-state index contributed by atoms with van der Waals surface area (Å²) in [6.45, 7) is 12.9. The monoisotopic (exact) mass is 482 g/mol. The van der Waals surface area contributed by atoms with Crippen molar-refractivity contribution in [2.45, 2.75) is 46.0 Å². The number of aromatic nitrogens is 2. The van der Waals surface area contributed by atoms with Crippen LogP contribution in [0.4, 0.5) is 17.5 Å². The summed E-state index contributed by atoms with van der Waals surface area (Å²) in [5, 5.41) is 3.61. The fraction of sp³-hybridized carbons (Fsp3) is 0.400. The molecule has 0 bridgehead atoms. The molecule has 1 aliphatic heterocycles. The third-order valence-electron chi connectivity index (χ3n) is 5.97. The maximum atomic E-state index is 6.21. The number of nitrogens with zero attached hydrogens (tertiary/aromatic N) is 4. The van der Waals surface area contributed by atoms with Crippen LogP contribution in [-0.2, 0) is 0 Å². The Hall–Kier alpha value is -3.10. The number of hydrogen-bond acceptors (Lipinski definition) is 7. The Morgan fingerprint density at radius 3 is 2.59 bits per heavy atom. The van der Waals surface area contributed by atoms with Crippen LogP contribution in [-0.4, -0.2) is 40.3 Å². The van der Waals surface area contributed by atoms with Crippen molar-refractivity contribution in [1.82, 2.24) is 14.9 Å². The molecule has 1 aromatic carbocycles. The minimum Gasteiger partial charge on any atom is -0.402 e. The van der Waals surface area contributed by atoms with Crippen LogP contribution in [0, 0.1) is 13.8 Å². The summed E-state index contributed by atoms with van der Waals surface area (Å²) in [4.78, 5) is 15.4. The molecule has 0 aliphatic carbocycles. The van der Waals surface area contributed by atoms with E-state index in [0.29, 0.717) is 22.6 Å². The molecule has 182 valence electrons. The molecule has 0 amide bonds. The number of hydrogen-bond donors (Lipinski definition) is 4. The van der Waals surface area contributed by atoms with Crippen LogP contribution in [0.5, 0.6) is 0 Å². The van der Waals surface area contributed by atoms with Crippen LogP contribution in [0.2, 0.25) is 5.02 Å². The third-order valence-corrected chi connectivity index (χ3v) is 6.24. The van der Waals surface area contributed by atoms with Gasteiger partial charge in [-0.1, -0.05) is 24.2 Å². The molecule has 0 unspecified atom stereocenters. The second-order valence-corrected chi connectivity index (χ2v) is 9.37. The van der Waals surface area contributed by atoms with E-state index in [1.807, 2.05) is 0 Å². The first kappa shape index (κ1) is 25.5. The molecule has 1 aromatic heterocycles. The third kappa shape index (κ3) is 6.95. The topological polar surface area (TPSA) is 131 Å². The molecule has 2 aromatic rings. The lowest BCUT2D eigenvalue weighted by Crippen LogP contribution is -2.34. The summed E-state index contributed by atoms with van der Waals surface area (Å²) in [5.41, 5.74) is 23.3. The lowest BCUT2D eigenvalue weighted by atomic mass is 9.85. The first-order chi connectivity index (χ1) is 16.1. The number of allylic oxidation sites excluding steroid dienone is 1. The number of aryl methyl sites for hydroxylation is 2. The Bertz CT molecular complexity index is 1100.